The van der Waals surface area contributed by atoms with E-state index in [1.165, 1.54) is 11.3 Å². The van der Waals surface area contributed by atoms with Gasteiger partial charge in [0, 0.05) is 24.7 Å². The molecule has 1 atom stereocenters. The number of hydrogen-bond donors (Lipinski definition) is 2. The van der Waals surface area contributed by atoms with Crippen molar-refractivity contribution >= 4 is 46.3 Å². The summed E-state index contributed by atoms with van der Waals surface area (Å²) in [6, 6.07) is 14.6. The molecule has 1 aliphatic rings. The molecule has 1 saturated heterocycles. The molecule has 2 aromatic carbocycles. The monoisotopic (exact) mass is 455 g/mol. The van der Waals surface area contributed by atoms with Crippen molar-refractivity contribution in [3.05, 3.63) is 69.1 Å². The van der Waals surface area contributed by atoms with Crippen molar-refractivity contribution in [1.82, 2.24) is 15.1 Å². The second-order valence-electron chi connectivity index (χ2n) is 7.46. The van der Waals surface area contributed by atoms with Crippen LogP contribution in [0.1, 0.15) is 39.1 Å². The predicted molar refractivity (Wildman–Crippen MR) is 123 cm³/mol. The Morgan fingerprint density at radius 3 is 2.71 bits per heavy atom. The number of likely N-dealkylation sites (tertiary alicyclic amines) is 1. The van der Waals surface area contributed by atoms with Gasteiger partial charge in [0.1, 0.15) is 5.01 Å². The third kappa shape index (κ3) is 5.21. The lowest BCUT2D eigenvalue weighted by atomic mass is 9.99. The van der Waals surface area contributed by atoms with Gasteiger partial charge < -0.3 is 15.5 Å². The van der Waals surface area contributed by atoms with E-state index in [1.54, 1.807) is 11.0 Å². The Labute approximate surface area is 189 Å². The molecule has 4 rings (SSSR count). The smallest absolute Gasteiger partial charge is 0.321 e. The van der Waals surface area contributed by atoms with Gasteiger partial charge in [-0.05, 0) is 49.6 Å². The number of para-hydroxylation sites is 1. The zero-order chi connectivity index (χ0) is 21.8. The van der Waals surface area contributed by atoms with Crippen LogP contribution in [0.3, 0.4) is 0 Å². The highest BCUT2D eigenvalue weighted by atomic mass is 35.5. The number of urea groups is 1. The second kappa shape index (κ2) is 9.45. The number of carbonyl (C=O) groups excluding carboxylic acids is 2. The summed E-state index contributed by atoms with van der Waals surface area (Å²) < 4.78 is 0. The molecular weight excluding hydrogens is 434 g/mol. The van der Waals surface area contributed by atoms with Crippen LogP contribution in [0, 0.1) is 6.92 Å². The number of nitrogens with one attached hydrogen (secondary N) is 2. The highest BCUT2D eigenvalue weighted by molar-refractivity contribution is 7.13. The molecule has 3 aromatic rings. The van der Waals surface area contributed by atoms with E-state index in [9.17, 15) is 9.59 Å². The van der Waals surface area contributed by atoms with E-state index in [-0.39, 0.29) is 17.9 Å². The molecule has 160 valence electrons. The lowest BCUT2D eigenvalue weighted by molar-refractivity contribution is 0.102. The summed E-state index contributed by atoms with van der Waals surface area (Å²) >= 11 is 7.51. The van der Waals surface area contributed by atoms with E-state index in [0.29, 0.717) is 34.5 Å². The summed E-state index contributed by atoms with van der Waals surface area (Å²) in [6.07, 6.45) is 1.74. The predicted octanol–water partition coefficient (Wildman–Crippen LogP) is 5.16. The maximum atomic E-state index is 12.8. The van der Waals surface area contributed by atoms with Gasteiger partial charge >= 0.3 is 6.03 Å². The summed E-state index contributed by atoms with van der Waals surface area (Å²) in [4.78, 5) is 27.0. The van der Waals surface area contributed by atoms with Crippen LogP contribution in [0.5, 0.6) is 0 Å². The maximum absolute atomic E-state index is 12.8. The first-order valence-corrected chi connectivity index (χ1v) is 11.2. The van der Waals surface area contributed by atoms with E-state index in [2.05, 4.69) is 20.8 Å². The van der Waals surface area contributed by atoms with Gasteiger partial charge in [0.05, 0.1) is 10.7 Å². The summed E-state index contributed by atoms with van der Waals surface area (Å²) in [7, 11) is 0. The van der Waals surface area contributed by atoms with Gasteiger partial charge in [-0.15, -0.1) is 10.2 Å². The summed E-state index contributed by atoms with van der Waals surface area (Å²) in [6.45, 7) is 3.12. The third-order valence-corrected chi connectivity index (χ3v) is 6.49. The lowest BCUT2D eigenvalue weighted by Gasteiger charge is -2.31. The lowest BCUT2D eigenvalue weighted by Crippen LogP contribution is -2.41. The average Bonchev–Trinajstić information content (AvgIpc) is 3.27. The first-order chi connectivity index (χ1) is 15.0. The Hall–Kier alpha value is -2.97. The normalized spacial score (nSPS) is 16.1. The van der Waals surface area contributed by atoms with Crippen molar-refractivity contribution in [1.29, 1.82) is 0 Å². The minimum atomic E-state index is -0.283. The van der Waals surface area contributed by atoms with Crippen molar-refractivity contribution in [2.45, 2.75) is 25.7 Å². The number of benzene rings is 2. The van der Waals surface area contributed by atoms with Crippen LogP contribution < -0.4 is 10.6 Å². The molecule has 1 aromatic heterocycles. The van der Waals surface area contributed by atoms with Crippen LogP contribution in [-0.2, 0) is 0 Å². The Bertz CT molecular complexity index is 1090. The number of amides is 3. The fraction of sp³-hybridized carbons (Fsp3) is 0.273. The number of halogens is 1. The van der Waals surface area contributed by atoms with Gasteiger partial charge in [0.25, 0.3) is 5.91 Å². The molecule has 7 nitrogen and oxygen atoms in total. The van der Waals surface area contributed by atoms with Gasteiger partial charge in [-0.2, -0.15) is 0 Å². The van der Waals surface area contributed by atoms with Crippen LogP contribution in [0.4, 0.5) is 16.2 Å². The number of anilines is 2. The molecule has 1 fully saturated rings. The van der Waals surface area contributed by atoms with Gasteiger partial charge in [-0.1, -0.05) is 47.2 Å². The minimum Gasteiger partial charge on any atom is -0.324 e. The first-order valence-electron chi connectivity index (χ1n) is 10.0. The van der Waals surface area contributed by atoms with E-state index < -0.39 is 0 Å². The van der Waals surface area contributed by atoms with E-state index >= 15 is 0 Å². The molecule has 1 aliphatic heterocycles. The molecule has 0 aliphatic carbocycles. The molecule has 0 saturated carbocycles. The van der Waals surface area contributed by atoms with Crippen molar-refractivity contribution in [3.63, 3.8) is 0 Å². The number of rotatable bonds is 4. The van der Waals surface area contributed by atoms with Crippen molar-refractivity contribution in [3.8, 4) is 0 Å². The summed E-state index contributed by atoms with van der Waals surface area (Å²) in [5, 5.41) is 15.6. The molecule has 3 amide bonds. The maximum Gasteiger partial charge on any atom is 0.321 e. The van der Waals surface area contributed by atoms with Crippen molar-refractivity contribution < 1.29 is 9.59 Å². The summed E-state index contributed by atoms with van der Waals surface area (Å²) in [5.74, 6) is -0.238. The van der Waals surface area contributed by atoms with Gasteiger partial charge in [-0.3, -0.25) is 4.79 Å². The van der Waals surface area contributed by atoms with Crippen molar-refractivity contribution in [2.75, 3.05) is 23.7 Å². The topological polar surface area (TPSA) is 87.2 Å². The highest BCUT2D eigenvalue weighted by Crippen LogP contribution is 2.30. The number of piperidine rings is 1. The summed E-state index contributed by atoms with van der Waals surface area (Å²) in [5.41, 5.74) is 2.33. The average molecular weight is 456 g/mol. The number of carbonyl (C=O) groups is 2. The molecule has 0 bridgehead atoms. The Morgan fingerprint density at radius 1 is 1.13 bits per heavy atom. The quantitative estimate of drug-likeness (QED) is 0.568. The second-order valence-corrected chi connectivity index (χ2v) is 8.88. The molecule has 1 unspecified atom stereocenters. The van der Waals surface area contributed by atoms with Gasteiger partial charge in [0.2, 0.25) is 5.01 Å². The highest BCUT2D eigenvalue weighted by Gasteiger charge is 2.28. The van der Waals surface area contributed by atoms with Gasteiger partial charge in [0.15, 0.2) is 0 Å². The van der Waals surface area contributed by atoms with Crippen LogP contribution in [0.25, 0.3) is 0 Å². The molecule has 31 heavy (non-hydrogen) atoms. The fourth-order valence-corrected chi connectivity index (χ4v) is 4.62. The largest absolute Gasteiger partial charge is 0.324 e. The van der Waals surface area contributed by atoms with E-state index in [4.69, 9.17) is 11.6 Å². The number of nitrogens with zero attached hydrogens (tertiary/aromatic N) is 3. The molecule has 0 radical (unpaired) electrons. The Balaban J connectivity index is 1.39. The zero-order valence-electron chi connectivity index (χ0n) is 17.0. The van der Waals surface area contributed by atoms with E-state index in [0.717, 1.165) is 23.4 Å². The Kier molecular flexibility index (Phi) is 6.48. The minimum absolute atomic E-state index is 0.0452. The molecule has 2 N–H and O–H groups in total. The number of aryl methyl sites for hydroxylation is 1. The fourth-order valence-electron chi connectivity index (χ4n) is 3.48. The van der Waals surface area contributed by atoms with Crippen LogP contribution in [0.15, 0.2) is 48.5 Å². The van der Waals surface area contributed by atoms with Crippen LogP contribution in [-0.4, -0.2) is 40.1 Å². The van der Waals surface area contributed by atoms with Gasteiger partial charge in [-0.25, -0.2) is 4.79 Å². The molecule has 0 spiro atoms. The molecular formula is C22H22ClN5O2S. The van der Waals surface area contributed by atoms with E-state index in [1.807, 2.05) is 49.4 Å². The zero-order valence-corrected chi connectivity index (χ0v) is 18.5. The number of hydrogen-bond acceptors (Lipinski definition) is 5. The third-order valence-electron chi connectivity index (χ3n) is 5.09. The first kappa shape index (κ1) is 21.3. The standard InChI is InChI=1S/C22H22ClN5O2S/c1-14-9-10-18(17(23)12-14)25-22(30)28-11-5-6-15(13-28)20-26-27-21(31-20)19(29)24-16-7-3-2-4-8-16/h2-4,7-10,12,15H,5-6,11,13H2,1H3,(H,24,29)(H,25,30). The SMILES string of the molecule is Cc1ccc(NC(=O)N2CCCC(c3nnc(C(=O)Nc4ccccc4)s3)C2)c(Cl)c1. The van der Waals surface area contributed by atoms with Crippen LogP contribution in [0.2, 0.25) is 5.02 Å². The Morgan fingerprint density at radius 2 is 1.94 bits per heavy atom. The molecule has 9 heteroatoms. The van der Waals surface area contributed by atoms with Crippen molar-refractivity contribution in [2.24, 2.45) is 0 Å². The molecule has 2 heterocycles. The number of aromatic nitrogens is 2. The van der Waals surface area contributed by atoms with Crippen LogP contribution >= 0.6 is 22.9 Å².